The lowest BCUT2D eigenvalue weighted by Gasteiger charge is -2.42. The van der Waals surface area contributed by atoms with Crippen LogP contribution in [0.15, 0.2) is 133 Å². The second-order valence-electron chi connectivity index (χ2n) is 15.3. The first-order valence-corrected chi connectivity index (χ1v) is 21.0. The summed E-state index contributed by atoms with van der Waals surface area (Å²) in [6.07, 6.45) is 0.861. The highest BCUT2D eigenvalue weighted by Gasteiger charge is 2.39. The lowest BCUT2D eigenvalue weighted by atomic mass is 9.89. The monoisotopic (exact) mass is 851 g/mol. The first kappa shape index (κ1) is 41.4. The Morgan fingerprint density at radius 3 is 2.21 bits per heavy atom. The number of amides is 1. The molecular formula is C50H43Cl2N3O6. The van der Waals surface area contributed by atoms with Gasteiger partial charge in [-0.2, -0.15) is 5.26 Å². The second kappa shape index (κ2) is 18.5. The minimum Gasteiger partial charge on any atom is -0.489 e. The van der Waals surface area contributed by atoms with Gasteiger partial charge < -0.3 is 24.6 Å². The van der Waals surface area contributed by atoms with E-state index < -0.39 is 18.1 Å². The molecule has 0 radical (unpaired) electrons. The first-order valence-electron chi connectivity index (χ1n) is 20.2. The van der Waals surface area contributed by atoms with Crippen molar-refractivity contribution in [2.75, 3.05) is 6.61 Å². The average Bonchev–Trinajstić information content (AvgIpc) is 3.29. The van der Waals surface area contributed by atoms with E-state index in [0.29, 0.717) is 59.0 Å². The third kappa shape index (κ3) is 9.53. The van der Waals surface area contributed by atoms with Crippen LogP contribution in [0.5, 0.6) is 17.2 Å². The standard InChI is InChI=1S/C50H43Cl2N3O6/c1-2-44(36-6-4-3-5-7-36)55-28-39-26-47-46(60-30-48(61-47)37-17-19-40(20-18-37)59-29-33-12-21-41(51)42(52)22-33)25-38(39)24-45(55)49(56)54-43(50(57)58)23-31-8-13-34(14-9-31)35-15-10-32(27-53)11-16-35/h3-22,25-26,43-45,48H,2,23-24,28-30H2,1H3,(H,54,56)(H,57,58)/t43?,44-,45-,48+/m0/s1. The Morgan fingerprint density at radius 2 is 1.54 bits per heavy atom. The van der Waals surface area contributed by atoms with Gasteiger partial charge in [0.15, 0.2) is 17.6 Å². The molecule has 2 aliphatic rings. The van der Waals surface area contributed by atoms with Gasteiger partial charge in [0.2, 0.25) is 5.91 Å². The Hall–Kier alpha value is -6.31. The fourth-order valence-corrected chi connectivity index (χ4v) is 8.41. The highest BCUT2D eigenvalue weighted by molar-refractivity contribution is 6.42. The predicted molar refractivity (Wildman–Crippen MR) is 235 cm³/mol. The Labute approximate surface area is 365 Å². The number of ether oxygens (including phenoxy) is 3. The molecule has 0 fully saturated rings. The zero-order chi connectivity index (χ0) is 42.5. The number of nitrogens with one attached hydrogen (secondary N) is 1. The first-order chi connectivity index (χ1) is 29.6. The molecule has 0 aromatic heterocycles. The Bertz CT molecular complexity index is 2560. The summed E-state index contributed by atoms with van der Waals surface area (Å²) in [5.74, 6) is 0.477. The van der Waals surface area contributed by atoms with Gasteiger partial charge in [0, 0.05) is 19.0 Å². The van der Waals surface area contributed by atoms with Crippen molar-refractivity contribution in [1.82, 2.24) is 10.2 Å². The van der Waals surface area contributed by atoms with E-state index >= 15 is 0 Å². The third-order valence-electron chi connectivity index (χ3n) is 11.4. The fraction of sp³-hybridized carbons (Fsp3) is 0.220. The maximum absolute atomic E-state index is 14.4. The molecule has 0 bridgehead atoms. The number of aliphatic carboxylic acids is 1. The van der Waals surface area contributed by atoms with E-state index in [1.165, 1.54) is 0 Å². The molecule has 11 heteroatoms. The molecule has 0 saturated carbocycles. The van der Waals surface area contributed by atoms with Crippen molar-refractivity contribution in [3.63, 3.8) is 0 Å². The SMILES string of the molecule is CC[C@@H](c1ccccc1)N1Cc2cc3c(cc2C[C@H]1C(=O)NC(Cc1ccc(-c2ccc(C#N)cc2)cc1)C(=O)O)OC[C@H](c1ccc(OCc2ccc(Cl)c(Cl)c2)cc1)O3. The number of carbonyl (C=O) groups is 2. The number of rotatable bonds is 13. The largest absolute Gasteiger partial charge is 0.489 e. The number of benzene rings is 6. The van der Waals surface area contributed by atoms with E-state index in [2.05, 4.69) is 35.3 Å². The van der Waals surface area contributed by atoms with Gasteiger partial charge in [0.1, 0.15) is 25.0 Å². The molecule has 308 valence electrons. The van der Waals surface area contributed by atoms with Gasteiger partial charge in [-0.3, -0.25) is 9.69 Å². The van der Waals surface area contributed by atoms with Gasteiger partial charge in [0.25, 0.3) is 0 Å². The normalized spacial score (nSPS) is 16.7. The van der Waals surface area contributed by atoms with E-state index in [1.54, 1.807) is 24.3 Å². The van der Waals surface area contributed by atoms with Gasteiger partial charge in [-0.1, -0.05) is 115 Å². The van der Waals surface area contributed by atoms with Crippen LogP contribution in [0.4, 0.5) is 0 Å². The highest BCUT2D eigenvalue weighted by Crippen LogP contribution is 2.42. The van der Waals surface area contributed by atoms with E-state index in [1.807, 2.05) is 97.1 Å². The summed E-state index contributed by atoms with van der Waals surface area (Å²) in [5, 5.41) is 23.4. The van der Waals surface area contributed by atoms with Gasteiger partial charge in [-0.25, -0.2) is 4.79 Å². The molecule has 1 amide bonds. The van der Waals surface area contributed by atoms with E-state index in [0.717, 1.165) is 50.9 Å². The third-order valence-corrected chi connectivity index (χ3v) is 12.1. The number of carboxylic acid groups (broad SMARTS) is 1. The molecule has 6 aromatic rings. The number of nitrogens with zero attached hydrogens (tertiary/aromatic N) is 2. The molecule has 0 spiro atoms. The number of carbonyl (C=O) groups excluding carboxylic acids is 1. The molecule has 0 aliphatic carbocycles. The molecule has 2 heterocycles. The van der Waals surface area contributed by atoms with Crippen molar-refractivity contribution in [1.29, 1.82) is 5.26 Å². The molecule has 0 saturated heterocycles. The Balaban J connectivity index is 0.987. The van der Waals surface area contributed by atoms with Crippen LogP contribution >= 0.6 is 23.2 Å². The molecule has 1 unspecified atom stereocenters. The van der Waals surface area contributed by atoms with Gasteiger partial charge in [-0.15, -0.1) is 0 Å². The van der Waals surface area contributed by atoms with Crippen LogP contribution in [0.2, 0.25) is 10.0 Å². The number of carboxylic acids is 1. The predicted octanol–water partition coefficient (Wildman–Crippen LogP) is 10.3. The molecule has 61 heavy (non-hydrogen) atoms. The number of halogens is 2. The maximum Gasteiger partial charge on any atom is 0.326 e. The lowest BCUT2D eigenvalue weighted by molar-refractivity contribution is -0.143. The van der Waals surface area contributed by atoms with Crippen molar-refractivity contribution in [2.24, 2.45) is 0 Å². The van der Waals surface area contributed by atoms with Crippen LogP contribution in [0, 0.1) is 11.3 Å². The summed E-state index contributed by atoms with van der Waals surface area (Å²) in [4.78, 5) is 29.3. The van der Waals surface area contributed by atoms with Crippen molar-refractivity contribution in [2.45, 2.75) is 63.6 Å². The zero-order valence-corrected chi connectivity index (χ0v) is 34.9. The highest BCUT2D eigenvalue weighted by atomic mass is 35.5. The lowest BCUT2D eigenvalue weighted by Crippen LogP contribution is -2.55. The zero-order valence-electron chi connectivity index (χ0n) is 33.4. The second-order valence-corrected chi connectivity index (χ2v) is 16.1. The number of nitriles is 1. The maximum atomic E-state index is 14.4. The van der Waals surface area contributed by atoms with E-state index in [9.17, 15) is 14.7 Å². The molecule has 2 aliphatic heterocycles. The molecule has 6 aromatic carbocycles. The molecule has 8 rings (SSSR count). The smallest absolute Gasteiger partial charge is 0.326 e. The quantitative estimate of drug-likeness (QED) is 0.118. The van der Waals surface area contributed by atoms with Gasteiger partial charge in [-0.05, 0) is 106 Å². The summed E-state index contributed by atoms with van der Waals surface area (Å²) in [5.41, 5.74) is 8.13. The molecule has 2 N–H and O–H groups in total. The van der Waals surface area contributed by atoms with Crippen LogP contribution in [0.3, 0.4) is 0 Å². The van der Waals surface area contributed by atoms with Gasteiger partial charge >= 0.3 is 5.97 Å². The number of hydrogen-bond acceptors (Lipinski definition) is 7. The van der Waals surface area contributed by atoms with Crippen LogP contribution in [0.25, 0.3) is 11.1 Å². The van der Waals surface area contributed by atoms with Crippen molar-refractivity contribution in [3.8, 4) is 34.4 Å². The summed E-state index contributed by atoms with van der Waals surface area (Å²) in [6, 6.07) is 42.3. The Morgan fingerprint density at radius 1 is 0.852 bits per heavy atom. The topological polar surface area (TPSA) is 121 Å². The molecule has 4 atom stereocenters. The van der Waals surface area contributed by atoms with Crippen LogP contribution < -0.4 is 19.5 Å². The van der Waals surface area contributed by atoms with Crippen molar-refractivity contribution in [3.05, 3.63) is 182 Å². The average molecular weight is 853 g/mol. The van der Waals surface area contributed by atoms with Crippen molar-refractivity contribution >= 4 is 35.1 Å². The minimum absolute atomic E-state index is 0.110. The summed E-state index contributed by atoms with van der Waals surface area (Å²) < 4.78 is 18.9. The van der Waals surface area contributed by atoms with Gasteiger partial charge in [0.05, 0.1) is 27.7 Å². The summed E-state index contributed by atoms with van der Waals surface area (Å²) >= 11 is 12.2. The van der Waals surface area contributed by atoms with Crippen molar-refractivity contribution < 1.29 is 28.9 Å². The van der Waals surface area contributed by atoms with E-state index in [4.69, 9.17) is 42.7 Å². The summed E-state index contributed by atoms with van der Waals surface area (Å²) in [6.45, 7) is 3.19. The van der Waals surface area contributed by atoms with Crippen LogP contribution in [-0.4, -0.2) is 40.6 Å². The van der Waals surface area contributed by atoms with Crippen LogP contribution in [-0.2, 0) is 35.6 Å². The summed E-state index contributed by atoms with van der Waals surface area (Å²) in [7, 11) is 0. The molecule has 9 nitrogen and oxygen atoms in total. The Kier molecular flexibility index (Phi) is 12.6. The minimum atomic E-state index is -1.14. The van der Waals surface area contributed by atoms with Crippen LogP contribution in [0.1, 0.15) is 64.4 Å². The number of hydrogen-bond donors (Lipinski definition) is 2. The fourth-order valence-electron chi connectivity index (χ4n) is 8.09. The number of fused-ring (bicyclic) bond motifs is 2. The van der Waals surface area contributed by atoms with E-state index in [-0.39, 0.29) is 24.5 Å². The molecular weight excluding hydrogens is 809 g/mol.